The molecule has 4 rings (SSSR count). The van der Waals surface area contributed by atoms with Gasteiger partial charge in [0.25, 0.3) is 5.91 Å². The van der Waals surface area contributed by atoms with Crippen molar-refractivity contribution in [3.63, 3.8) is 0 Å². The van der Waals surface area contributed by atoms with E-state index in [1.165, 1.54) is 0 Å². The minimum Gasteiger partial charge on any atom is -0.342 e. The summed E-state index contributed by atoms with van der Waals surface area (Å²) < 4.78 is 0. The molecule has 1 unspecified atom stereocenters. The van der Waals surface area contributed by atoms with E-state index in [2.05, 4.69) is 4.90 Å². The van der Waals surface area contributed by atoms with E-state index in [1.54, 1.807) is 0 Å². The van der Waals surface area contributed by atoms with E-state index in [9.17, 15) is 14.4 Å². The second kappa shape index (κ2) is 11.7. The van der Waals surface area contributed by atoms with Gasteiger partial charge >= 0.3 is 0 Å². The van der Waals surface area contributed by atoms with Crippen molar-refractivity contribution in [2.24, 2.45) is 5.92 Å². The van der Waals surface area contributed by atoms with E-state index in [0.29, 0.717) is 44.8 Å². The molecular weight excluding hydrogens is 440 g/mol. The van der Waals surface area contributed by atoms with Crippen LogP contribution in [-0.2, 0) is 9.59 Å². The van der Waals surface area contributed by atoms with Crippen LogP contribution in [0.1, 0.15) is 43.5 Å². The lowest BCUT2D eigenvalue weighted by molar-refractivity contribution is -0.136. The Bertz CT molecular complexity index is 1050. The number of hydrogen-bond acceptors (Lipinski definition) is 4. The zero-order valence-corrected chi connectivity index (χ0v) is 21.1. The Kier molecular flexibility index (Phi) is 8.39. The number of fused-ring (bicyclic) bond motifs is 1. The zero-order valence-electron chi connectivity index (χ0n) is 21.1. The highest BCUT2D eigenvalue weighted by Gasteiger charge is 2.33. The molecule has 35 heavy (non-hydrogen) atoms. The molecule has 1 atom stereocenters. The first kappa shape index (κ1) is 25.2. The molecule has 2 fully saturated rings. The summed E-state index contributed by atoms with van der Waals surface area (Å²) in [4.78, 5) is 47.2. The molecule has 2 aromatic carbocycles. The van der Waals surface area contributed by atoms with Gasteiger partial charge in [-0.2, -0.15) is 0 Å². The van der Waals surface area contributed by atoms with Crippen molar-refractivity contribution in [3.8, 4) is 0 Å². The summed E-state index contributed by atoms with van der Waals surface area (Å²) in [6.45, 7) is 9.92. The molecule has 2 saturated heterocycles. The molecule has 2 heterocycles. The van der Waals surface area contributed by atoms with Crippen LogP contribution in [0.4, 0.5) is 0 Å². The van der Waals surface area contributed by atoms with Gasteiger partial charge in [-0.25, -0.2) is 0 Å². The van der Waals surface area contributed by atoms with Crippen LogP contribution in [0.2, 0.25) is 0 Å². The molecule has 0 aliphatic carbocycles. The van der Waals surface area contributed by atoms with Gasteiger partial charge in [-0.1, -0.05) is 36.4 Å². The van der Waals surface area contributed by atoms with Gasteiger partial charge in [-0.3, -0.25) is 19.3 Å². The molecule has 7 nitrogen and oxygen atoms in total. The fourth-order valence-corrected chi connectivity index (χ4v) is 5.42. The van der Waals surface area contributed by atoms with Crippen molar-refractivity contribution in [2.75, 3.05) is 58.9 Å². The van der Waals surface area contributed by atoms with Crippen LogP contribution in [0, 0.1) is 5.92 Å². The fraction of sp³-hybridized carbons (Fsp3) is 0.536. The Morgan fingerprint density at radius 2 is 1.60 bits per heavy atom. The van der Waals surface area contributed by atoms with E-state index in [0.717, 1.165) is 49.7 Å². The minimum absolute atomic E-state index is 0.0104. The van der Waals surface area contributed by atoms with Gasteiger partial charge < -0.3 is 14.7 Å². The summed E-state index contributed by atoms with van der Waals surface area (Å²) in [6.07, 6.45) is 2.52. The number of likely N-dealkylation sites (N-methyl/N-ethyl adjacent to an activating group) is 1. The lowest BCUT2D eigenvalue weighted by Crippen LogP contribution is -2.47. The number of benzene rings is 2. The summed E-state index contributed by atoms with van der Waals surface area (Å²) >= 11 is 0. The molecule has 0 radical (unpaired) electrons. The van der Waals surface area contributed by atoms with Crippen LogP contribution in [-0.4, -0.2) is 96.2 Å². The van der Waals surface area contributed by atoms with Gasteiger partial charge in [0, 0.05) is 57.9 Å². The molecule has 0 spiro atoms. The Morgan fingerprint density at radius 1 is 0.857 bits per heavy atom. The largest absolute Gasteiger partial charge is 0.342 e. The number of likely N-dealkylation sites (tertiary alicyclic amines) is 1. The van der Waals surface area contributed by atoms with Crippen LogP contribution < -0.4 is 0 Å². The first-order valence-corrected chi connectivity index (χ1v) is 13.1. The third-order valence-electron chi connectivity index (χ3n) is 7.45. The first-order chi connectivity index (χ1) is 17.0. The molecule has 2 aliphatic heterocycles. The van der Waals surface area contributed by atoms with Crippen LogP contribution in [0.5, 0.6) is 0 Å². The maximum absolute atomic E-state index is 13.4. The highest BCUT2D eigenvalue weighted by Crippen LogP contribution is 2.25. The number of carbonyl (C=O) groups excluding carboxylic acids is 3. The van der Waals surface area contributed by atoms with Crippen LogP contribution in [0.25, 0.3) is 10.8 Å². The number of hydrogen-bond donors (Lipinski definition) is 0. The summed E-state index contributed by atoms with van der Waals surface area (Å²) in [7, 11) is 0. The molecule has 188 valence electrons. The van der Waals surface area contributed by atoms with Crippen molar-refractivity contribution in [3.05, 3.63) is 48.0 Å². The molecular formula is C28H38N4O3. The summed E-state index contributed by atoms with van der Waals surface area (Å²) in [5.41, 5.74) is 0.708. The molecule has 0 bridgehead atoms. The third kappa shape index (κ3) is 5.84. The Hall–Kier alpha value is -2.93. The first-order valence-electron chi connectivity index (χ1n) is 13.1. The number of rotatable bonds is 6. The van der Waals surface area contributed by atoms with Gasteiger partial charge in [0.15, 0.2) is 0 Å². The van der Waals surface area contributed by atoms with Crippen LogP contribution >= 0.6 is 0 Å². The fourth-order valence-electron chi connectivity index (χ4n) is 5.42. The van der Waals surface area contributed by atoms with Gasteiger partial charge in [0.05, 0.1) is 12.5 Å². The quantitative estimate of drug-likeness (QED) is 0.640. The highest BCUT2D eigenvalue weighted by molar-refractivity contribution is 6.07. The second-order valence-corrected chi connectivity index (χ2v) is 9.64. The summed E-state index contributed by atoms with van der Waals surface area (Å²) in [6, 6.07) is 13.8. The van der Waals surface area contributed by atoms with E-state index in [4.69, 9.17) is 0 Å². The number of nitrogens with zero attached hydrogens (tertiary/aromatic N) is 4. The molecule has 0 saturated carbocycles. The normalized spacial score (nSPS) is 19.4. The smallest absolute Gasteiger partial charge is 0.254 e. The number of carbonyl (C=O) groups is 3. The Labute approximate surface area is 208 Å². The molecule has 0 aromatic heterocycles. The van der Waals surface area contributed by atoms with Gasteiger partial charge in [0.2, 0.25) is 11.8 Å². The molecule has 3 amide bonds. The number of piperidine rings is 1. The van der Waals surface area contributed by atoms with Crippen LogP contribution in [0.15, 0.2) is 42.5 Å². The van der Waals surface area contributed by atoms with E-state index < -0.39 is 0 Å². The van der Waals surface area contributed by atoms with E-state index >= 15 is 0 Å². The Balaban J connectivity index is 1.37. The zero-order chi connectivity index (χ0) is 24.8. The van der Waals surface area contributed by atoms with Gasteiger partial charge in [-0.15, -0.1) is 0 Å². The summed E-state index contributed by atoms with van der Waals surface area (Å²) in [5.74, 6) is 0.157. The average Bonchev–Trinajstić information content (AvgIpc) is 3.14. The monoisotopic (exact) mass is 478 g/mol. The third-order valence-corrected chi connectivity index (χ3v) is 7.45. The van der Waals surface area contributed by atoms with E-state index in [1.807, 2.05) is 71.0 Å². The van der Waals surface area contributed by atoms with Crippen molar-refractivity contribution in [1.82, 2.24) is 19.6 Å². The minimum atomic E-state index is -0.161. The maximum atomic E-state index is 13.4. The Morgan fingerprint density at radius 3 is 2.40 bits per heavy atom. The predicted molar refractivity (Wildman–Crippen MR) is 138 cm³/mol. The summed E-state index contributed by atoms with van der Waals surface area (Å²) in [5, 5.41) is 2.01. The maximum Gasteiger partial charge on any atom is 0.254 e. The van der Waals surface area contributed by atoms with Crippen molar-refractivity contribution in [1.29, 1.82) is 0 Å². The van der Waals surface area contributed by atoms with Crippen molar-refractivity contribution >= 4 is 28.5 Å². The lowest BCUT2D eigenvalue weighted by atomic mass is 9.95. The van der Waals surface area contributed by atoms with Crippen molar-refractivity contribution < 1.29 is 14.4 Å². The number of amides is 3. The standard InChI is InChI=1S/C28H38N4O3/c1-3-30(4-2)26(33)21-29-15-9-17-31(19-18-29)27(34)23-12-8-16-32(20-23)28(35)25-14-7-11-22-10-5-6-13-24(22)25/h5-7,10-11,13-14,23H,3-4,8-9,12,15-21H2,1-2H3. The van der Waals surface area contributed by atoms with E-state index in [-0.39, 0.29) is 23.6 Å². The van der Waals surface area contributed by atoms with Gasteiger partial charge in [0.1, 0.15) is 0 Å². The molecule has 2 aromatic rings. The molecule has 0 N–H and O–H groups in total. The molecule has 2 aliphatic rings. The van der Waals surface area contributed by atoms with Crippen LogP contribution in [0.3, 0.4) is 0 Å². The second-order valence-electron chi connectivity index (χ2n) is 9.64. The average molecular weight is 479 g/mol. The van der Waals surface area contributed by atoms with Gasteiger partial charge in [-0.05, 0) is 49.9 Å². The van der Waals surface area contributed by atoms with Crippen molar-refractivity contribution in [2.45, 2.75) is 33.1 Å². The lowest BCUT2D eigenvalue weighted by Gasteiger charge is -2.35. The predicted octanol–water partition coefficient (Wildman–Crippen LogP) is 3.09. The highest BCUT2D eigenvalue weighted by atomic mass is 16.2. The SMILES string of the molecule is CCN(CC)C(=O)CN1CCCN(C(=O)C2CCCN(C(=O)c3cccc4ccccc34)C2)CC1. The topological polar surface area (TPSA) is 64.2 Å². The molecule has 7 heteroatoms.